The summed E-state index contributed by atoms with van der Waals surface area (Å²) in [6, 6.07) is 10.3. The molecule has 0 unspecified atom stereocenters. The molecule has 11 nitrogen and oxygen atoms in total. The van der Waals surface area contributed by atoms with Crippen LogP contribution >= 0.6 is 11.6 Å². The molecule has 2 aromatic carbocycles. The van der Waals surface area contributed by atoms with Crippen molar-refractivity contribution in [3.05, 3.63) is 71.8 Å². The number of amides is 1. The molecule has 3 fully saturated rings. The molecule has 0 spiro atoms. The van der Waals surface area contributed by atoms with Crippen molar-refractivity contribution < 1.29 is 18.8 Å². The first kappa shape index (κ1) is 32.0. The summed E-state index contributed by atoms with van der Waals surface area (Å²) in [6.45, 7) is 10.2. The zero-order valence-electron chi connectivity index (χ0n) is 26.2. The standard InChI is InChI=1S/C33H40ClFN8O3/c1-4-33(44)39-26-18-27(30(45-3)19-29(26)42-10-7-23(8-11-42)41-14-12-40(2)13-15-41)38-31-20-32(37-21-36-31)43-28(9-16-46-43)24-6-5-22(34)17-25(24)35/h4-6,17-21,23,28H,1,7-16H2,2-3H3,(H,39,44)(H,36,37,38)/t28-/m1/s1. The predicted molar refractivity (Wildman–Crippen MR) is 179 cm³/mol. The number of hydrogen-bond donors (Lipinski definition) is 2. The van der Waals surface area contributed by atoms with Crippen molar-refractivity contribution in [2.75, 3.05) is 80.6 Å². The number of piperazine rings is 1. The number of methoxy groups -OCH3 is 1. The van der Waals surface area contributed by atoms with Crippen molar-refractivity contribution in [2.24, 2.45) is 0 Å². The van der Waals surface area contributed by atoms with Crippen molar-refractivity contribution >= 4 is 46.2 Å². The van der Waals surface area contributed by atoms with E-state index in [9.17, 15) is 9.18 Å². The molecule has 3 aromatic rings. The third kappa shape index (κ3) is 7.05. The number of nitrogens with one attached hydrogen (secondary N) is 2. The molecule has 3 aliphatic heterocycles. The van der Waals surface area contributed by atoms with Crippen LogP contribution < -0.4 is 25.3 Å². The minimum atomic E-state index is -0.400. The molecule has 244 valence electrons. The van der Waals surface area contributed by atoms with Crippen LogP contribution in [0.25, 0.3) is 0 Å². The SMILES string of the molecule is C=CC(=O)Nc1cc(Nc2cc(N3OCC[C@@H]3c3ccc(Cl)cc3F)ncn2)c(OC)cc1N1CCC(N2CCN(C)CC2)CC1. The van der Waals surface area contributed by atoms with E-state index in [1.807, 2.05) is 12.1 Å². The zero-order valence-corrected chi connectivity index (χ0v) is 27.0. The van der Waals surface area contributed by atoms with Gasteiger partial charge in [-0.3, -0.25) is 14.5 Å². The van der Waals surface area contributed by atoms with Gasteiger partial charge in [0.25, 0.3) is 0 Å². The molecule has 46 heavy (non-hydrogen) atoms. The molecule has 0 saturated carbocycles. The maximum atomic E-state index is 14.8. The lowest BCUT2D eigenvalue weighted by atomic mass is 10.0. The van der Waals surface area contributed by atoms with Crippen LogP contribution in [0.4, 0.5) is 33.1 Å². The van der Waals surface area contributed by atoms with Crippen molar-refractivity contribution in [1.29, 1.82) is 0 Å². The number of rotatable bonds is 9. The zero-order chi connectivity index (χ0) is 32.2. The van der Waals surface area contributed by atoms with Gasteiger partial charge in [-0.2, -0.15) is 0 Å². The number of nitrogens with zero attached hydrogens (tertiary/aromatic N) is 6. The Labute approximate surface area is 273 Å². The second-order valence-corrected chi connectivity index (χ2v) is 12.3. The molecular weight excluding hydrogens is 611 g/mol. The number of halogens is 2. The highest BCUT2D eigenvalue weighted by atomic mass is 35.5. The number of carbonyl (C=O) groups excluding carboxylic acids is 1. The second-order valence-electron chi connectivity index (χ2n) is 11.8. The Kier molecular flexibility index (Phi) is 9.88. The molecule has 6 rings (SSSR count). The van der Waals surface area contributed by atoms with E-state index in [1.165, 1.54) is 18.5 Å². The van der Waals surface area contributed by atoms with Gasteiger partial charge in [-0.1, -0.05) is 24.2 Å². The van der Waals surface area contributed by atoms with Crippen molar-refractivity contribution in [3.8, 4) is 5.75 Å². The normalized spacial score (nSPS) is 19.7. The smallest absolute Gasteiger partial charge is 0.247 e. The number of benzene rings is 2. The number of piperidine rings is 1. The van der Waals surface area contributed by atoms with Crippen LogP contribution in [0.1, 0.15) is 30.9 Å². The first-order chi connectivity index (χ1) is 22.3. The van der Waals surface area contributed by atoms with Gasteiger partial charge in [-0.25, -0.2) is 19.4 Å². The highest BCUT2D eigenvalue weighted by Crippen LogP contribution is 2.41. The van der Waals surface area contributed by atoms with Gasteiger partial charge in [0.1, 0.15) is 23.7 Å². The summed E-state index contributed by atoms with van der Waals surface area (Å²) in [5.74, 6) is 0.819. The first-order valence-corrected chi connectivity index (χ1v) is 16.0. The molecule has 2 N–H and O–H groups in total. The van der Waals surface area contributed by atoms with Gasteiger partial charge in [0.2, 0.25) is 5.91 Å². The summed E-state index contributed by atoms with van der Waals surface area (Å²) in [6.07, 6.45) is 5.35. The molecule has 3 saturated heterocycles. The Morgan fingerprint density at radius 2 is 1.85 bits per heavy atom. The summed E-state index contributed by atoms with van der Waals surface area (Å²) >= 11 is 5.98. The van der Waals surface area contributed by atoms with Gasteiger partial charge in [0, 0.05) is 74.5 Å². The monoisotopic (exact) mass is 650 g/mol. The van der Waals surface area contributed by atoms with Crippen molar-refractivity contribution in [1.82, 2.24) is 19.8 Å². The van der Waals surface area contributed by atoms with Gasteiger partial charge in [-0.15, -0.1) is 0 Å². The molecule has 0 radical (unpaired) electrons. The van der Waals surface area contributed by atoms with Crippen LogP contribution in [0.5, 0.6) is 5.75 Å². The maximum absolute atomic E-state index is 14.8. The third-order valence-electron chi connectivity index (χ3n) is 8.99. The Morgan fingerprint density at radius 1 is 1.07 bits per heavy atom. The molecule has 1 aromatic heterocycles. The summed E-state index contributed by atoms with van der Waals surface area (Å²) < 4.78 is 20.6. The molecule has 4 heterocycles. The van der Waals surface area contributed by atoms with Gasteiger partial charge < -0.3 is 25.2 Å². The summed E-state index contributed by atoms with van der Waals surface area (Å²) in [4.78, 5) is 34.5. The largest absolute Gasteiger partial charge is 0.494 e. The van der Waals surface area contributed by atoms with Crippen LogP contribution in [0, 0.1) is 5.82 Å². The van der Waals surface area contributed by atoms with E-state index in [0.29, 0.717) is 58.4 Å². The molecule has 3 aliphatic rings. The number of carbonyl (C=O) groups is 1. The van der Waals surface area contributed by atoms with Gasteiger partial charge in [0.05, 0.1) is 36.8 Å². The van der Waals surface area contributed by atoms with Gasteiger partial charge in [0.15, 0.2) is 5.82 Å². The van der Waals surface area contributed by atoms with E-state index in [4.69, 9.17) is 21.2 Å². The topological polar surface area (TPSA) is 98.3 Å². The van der Waals surface area contributed by atoms with Gasteiger partial charge in [-0.05, 0) is 44.2 Å². The minimum absolute atomic E-state index is 0.305. The minimum Gasteiger partial charge on any atom is -0.494 e. The lowest BCUT2D eigenvalue weighted by molar-refractivity contribution is -0.111. The molecular formula is C33H40ClFN8O3. The number of likely N-dealkylation sites (N-methyl/N-ethyl adjacent to an activating group) is 1. The van der Waals surface area contributed by atoms with E-state index >= 15 is 0 Å². The maximum Gasteiger partial charge on any atom is 0.247 e. The lowest BCUT2D eigenvalue weighted by Gasteiger charge is -2.43. The van der Waals surface area contributed by atoms with Crippen LogP contribution in [-0.4, -0.2) is 91.7 Å². The van der Waals surface area contributed by atoms with Crippen LogP contribution in [0.15, 0.2) is 55.4 Å². The molecule has 1 amide bonds. The summed E-state index contributed by atoms with van der Waals surface area (Å²) in [5, 5.41) is 8.24. The third-order valence-corrected chi connectivity index (χ3v) is 9.22. The second kappa shape index (κ2) is 14.2. The fraction of sp³-hybridized carbons (Fsp3) is 0.424. The Morgan fingerprint density at radius 3 is 2.57 bits per heavy atom. The quantitative estimate of drug-likeness (QED) is 0.299. The molecule has 13 heteroatoms. The van der Waals surface area contributed by atoms with Crippen molar-refractivity contribution in [2.45, 2.75) is 31.3 Å². The van der Waals surface area contributed by atoms with Crippen LogP contribution in [0.2, 0.25) is 5.02 Å². The average molecular weight is 651 g/mol. The van der Waals surface area contributed by atoms with Crippen LogP contribution in [-0.2, 0) is 9.63 Å². The van der Waals surface area contributed by atoms with Gasteiger partial charge >= 0.3 is 0 Å². The fourth-order valence-corrected chi connectivity index (χ4v) is 6.62. The first-order valence-electron chi connectivity index (χ1n) is 15.6. The Balaban J connectivity index is 1.23. The summed E-state index contributed by atoms with van der Waals surface area (Å²) in [5.41, 5.74) is 2.60. The highest BCUT2D eigenvalue weighted by Gasteiger charge is 2.32. The fourth-order valence-electron chi connectivity index (χ4n) is 6.46. The van der Waals surface area contributed by atoms with E-state index in [0.717, 1.165) is 57.8 Å². The highest BCUT2D eigenvalue weighted by molar-refractivity contribution is 6.30. The summed E-state index contributed by atoms with van der Waals surface area (Å²) in [7, 11) is 3.79. The Hall–Kier alpha value is -3.97. The van der Waals surface area contributed by atoms with E-state index < -0.39 is 5.82 Å². The molecule has 0 bridgehead atoms. The number of anilines is 5. The Bertz CT molecular complexity index is 1560. The number of hydrogen-bond acceptors (Lipinski definition) is 10. The number of ether oxygens (including phenoxy) is 1. The van der Waals surface area contributed by atoms with Crippen LogP contribution in [0.3, 0.4) is 0 Å². The predicted octanol–water partition coefficient (Wildman–Crippen LogP) is 5.25. The number of aromatic nitrogens is 2. The van der Waals surface area contributed by atoms with E-state index in [2.05, 4.69) is 48.9 Å². The van der Waals surface area contributed by atoms with E-state index in [-0.39, 0.29) is 11.9 Å². The average Bonchev–Trinajstić information content (AvgIpc) is 3.55. The van der Waals surface area contributed by atoms with E-state index in [1.54, 1.807) is 30.4 Å². The van der Waals surface area contributed by atoms with Crippen molar-refractivity contribution in [3.63, 3.8) is 0 Å². The molecule has 1 atom stereocenters. The molecule has 0 aliphatic carbocycles. The number of hydroxylamine groups is 1. The lowest BCUT2D eigenvalue weighted by Crippen LogP contribution is -2.52.